The number of carboxylic acid groups (broad SMARTS) is 1. The molecule has 3 N–H and O–H groups in total. The van der Waals surface area contributed by atoms with E-state index in [0.717, 1.165) is 0 Å². The average Bonchev–Trinajstić information content (AvgIpc) is 2.45. The van der Waals surface area contributed by atoms with Crippen LogP contribution in [0.3, 0.4) is 0 Å². The van der Waals surface area contributed by atoms with E-state index in [9.17, 15) is 9.90 Å². The minimum Gasteiger partial charge on any atom is -0.479 e. The molecule has 0 saturated carbocycles. The van der Waals surface area contributed by atoms with Crippen molar-refractivity contribution in [2.24, 2.45) is 7.05 Å². The lowest BCUT2D eigenvalue weighted by Crippen LogP contribution is -2.27. The second kappa shape index (κ2) is 3.77. The first-order valence-electron chi connectivity index (χ1n) is 4.02. The molecule has 1 aromatic heterocycles. The Balaban J connectivity index is 2.94. The van der Waals surface area contributed by atoms with E-state index in [1.165, 1.54) is 10.9 Å². The fourth-order valence-corrected chi connectivity index (χ4v) is 1.11. The molecule has 6 nitrogen and oxygen atoms in total. The summed E-state index contributed by atoms with van der Waals surface area (Å²) in [5, 5.41) is 30.9. The molecule has 0 fully saturated rings. The number of hydrogen-bond acceptors (Lipinski definition) is 4. The summed E-state index contributed by atoms with van der Waals surface area (Å²) >= 11 is 0. The van der Waals surface area contributed by atoms with E-state index in [4.69, 9.17) is 10.2 Å². The van der Waals surface area contributed by atoms with Crippen LogP contribution in [0, 0.1) is 6.92 Å². The molecule has 0 spiro atoms. The Hall–Kier alpha value is -1.40. The van der Waals surface area contributed by atoms with Crippen LogP contribution < -0.4 is 0 Å². The molecule has 0 aliphatic rings. The van der Waals surface area contributed by atoms with E-state index in [1.54, 1.807) is 14.0 Å². The van der Waals surface area contributed by atoms with E-state index < -0.39 is 18.2 Å². The number of carboxylic acids is 1. The number of aliphatic hydroxyl groups excluding tert-OH is 2. The van der Waals surface area contributed by atoms with Gasteiger partial charge in [0.2, 0.25) is 0 Å². The largest absolute Gasteiger partial charge is 0.479 e. The van der Waals surface area contributed by atoms with Gasteiger partial charge in [0.15, 0.2) is 6.10 Å². The summed E-state index contributed by atoms with van der Waals surface area (Å²) in [5.74, 6) is -1.46. The molecule has 2 unspecified atom stereocenters. The molecule has 1 rings (SSSR count). The molecule has 14 heavy (non-hydrogen) atoms. The number of hydrogen-bond donors (Lipinski definition) is 3. The molecule has 1 heterocycles. The van der Waals surface area contributed by atoms with Crippen LogP contribution in [0.25, 0.3) is 0 Å². The molecule has 0 amide bonds. The minimum absolute atomic E-state index is 0.322. The summed E-state index contributed by atoms with van der Waals surface area (Å²) in [6, 6.07) is 0. The van der Waals surface area contributed by atoms with E-state index in [-0.39, 0.29) is 0 Å². The highest BCUT2D eigenvalue weighted by molar-refractivity contribution is 5.73. The molecule has 0 bridgehead atoms. The lowest BCUT2D eigenvalue weighted by Gasteiger charge is -2.13. The summed E-state index contributed by atoms with van der Waals surface area (Å²) in [7, 11) is 1.67. The molecule has 1 aromatic rings. The Morgan fingerprint density at radius 3 is 2.50 bits per heavy atom. The molecule has 78 valence electrons. The number of carbonyl (C=O) groups is 1. The Morgan fingerprint density at radius 1 is 1.57 bits per heavy atom. The lowest BCUT2D eigenvalue weighted by molar-refractivity contribution is -0.153. The molecular formula is C8H12N2O4. The Bertz CT molecular complexity index is 347. The van der Waals surface area contributed by atoms with Crippen LogP contribution >= 0.6 is 0 Å². The lowest BCUT2D eigenvalue weighted by atomic mass is 10.1. The van der Waals surface area contributed by atoms with Crippen LogP contribution in [-0.4, -0.2) is 37.2 Å². The fraction of sp³-hybridized carbons (Fsp3) is 0.500. The van der Waals surface area contributed by atoms with Crippen molar-refractivity contribution in [2.45, 2.75) is 19.1 Å². The Morgan fingerprint density at radius 2 is 2.14 bits per heavy atom. The standard InChI is InChI=1S/C8H12N2O4/c1-4-5(3-9-10(4)2)6(11)7(12)8(13)14/h3,6-7,11-12H,1-2H3,(H,13,14). The van der Waals surface area contributed by atoms with Gasteiger partial charge in [-0.05, 0) is 6.92 Å². The predicted octanol–water partition coefficient (Wildman–Crippen LogP) is -0.793. The van der Waals surface area contributed by atoms with Gasteiger partial charge >= 0.3 is 5.97 Å². The van der Waals surface area contributed by atoms with Gasteiger partial charge in [0, 0.05) is 18.3 Å². The first-order chi connectivity index (χ1) is 6.45. The van der Waals surface area contributed by atoms with Gasteiger partial charge in [-0.25, -0.2) is 4.79 Å². The number of aromatic nitrogens is 2. The summed E-state index contributed by atoms with van der Waals surface area (Å²) in [4.78, 5) is 10.4. The smallest absolute Gasteiger partial charge is 0.335 e. The highest BCUT2D eigenvalue weighted by Crippen LogP contribution is 2.19. The van der Waals surface area contributed by atoms with Crippen molar-refractivity contribution in [1.82, 2.24) is 9.78 Å². The van der Waals surface area contributed by atoms with Crippen LogP contribution in [0.15, 0.2) is 6.20 Å². The number of aliphatic hydroxyl groups is 2. The average molecular weight is 200 g/mol. The van der Waals surface area contributed by atoms with Crippen LogP contribution in [0.4, 0.5) is 0 Å². The quantitative estimate of drug-likeness (QED) is 0.594. The monoisotopic (exact) mass is 200 g/mol. The highest BCUT2D eigenvalue weighted by Gasteiger charge is 2.27. The van der Waals surface area contributed by atoms with Crippen LogP contribution in [0.2, 0.25) is 0 Å². The molecule has 0 aliphatic heterocycles. The summed E-state index contributed by atoms with van der Waals surface area (Å²) < 4.78 is 1.49. The third-order valence-corrected chi connectivity index (χ3v) is 2.14. The second-order valence-corrected chi connectivity index (χ2v) is 3.04. The zero-order valence-electron chi connectivity index (χ0n) is 7.88. The summed E-state index contributed by atoms with van der Waals surface area (Å²) in [5.41, 5.74) is 0.945. The number of aryl methyl sites for hydroxylation is 1. The molecule has 0 saturated heterocycles. The maximum atomic E-state index is 10.4. The topological polar surface area (TPSA) is 95.6 Å². The van der Waals surface area contributed by atoms with E-state index >= 15 is 0 Å². The van der Waals surface area contributed by atoms with Crippen LogP contribution in [0.5, 0.6) is 0 Å². The van der Waals surface area contributed by atoms with Gasteiger partial charge < -0.3 is 15.3 Å². The molecule has 0 radical (unpaired) electrons. The highest BCUT2D eigenvalue weighted by atomic mass is 16.4. The van der Waals surface area contributed by atoms with Gasteiger partial charge in [-0.3, -0.25) is 4.68 Å². The van der Waals surface area contributed by atoms with Crippen molar-refractivity contribution in [3.8, 4) is 0 Å². The number of aliphatic carboxylic acids is 1. The predicted molar refractivity (Wildman–Crippen MR) is 46.5 cm³/mol. The maximum Gasteiger partial charge on any atom is 0.335 e. The molecule has 0 aliphatic carbocycles. The number of nitrogens with zero attached hydrogens (tertiary/aromatic N) is 2. The second-order valence-electron chi connectivity index (χ2n) is 3.04. The molecular weight excluding hydrogens is 188 g/mol. The first-order valence-corrected chi connectivity index (χ1v) is 4.02. The van der Waals surface area contributed by atoms with Crippen molar-refractivity contribution < 1.29 is 20.1 Å². The van der Waals surface area contributed by atoms with Crippen molar-refractivity contribution >= 4 is 5.97 Å². The van der Waals surface area contributed by atoms with E-state index in [0.29, 0.717) is 11.3 Å². The first kappa shape index (κ1) is 10.7. The summed E-state index contributed by atoms with van der Waals surface area (Å²) in [6.45, 7) is 1.68. The molecule has 2 atom stereocenters. The zero-order chi connectivity index (χ0) is 10.9. The van der Waals surface area contributed by atoms with Crippen molar-refractivity contribution in [2.75, 3.05) is 0 Å². The van der Waals surface area contributed by atoms with Gasteiger partial charge in [-0.1, -0.05) is 0 Å². The van der Waals surface area contributed by atoms with Crippen LogP contribution in [-0.2, 0) is 11.8 Å². The molecule has 6 heteroatoms. The summed E-state index contributed by atoms with van der Waals surface area (Å²) in [6.07, 6.45) is -1.93. The third kappa shape index (κ3) is 1.75. The van der Waals surface area contributed by atoms with Crippen LogP contribution in [0.1, 0.15) is 17.4 Å². The molecule has 0 aromatic carbocycles. The van der Waals surface area contributed by atoms with Crippen molar-refractivity contribution in [1.29, 1.82) is 0 Å². The fourth-order valence-electron chi connectivity index (χ4n) is 1.11. The number of rotatable bonds is 3. The third-order valence-electron chi connectivity index (χ3n) is 2.14. The van der Waals surface area contributed by atoms with Gasteiger partial charge in [0.25, 0.3) is 0 Å². The Kier molecular flexibility index (Phi) is 2.87. The Labute approximate surface area is 80.4 Å². The van der Waals surface area contributed by atoms with E-state index in [1.807, 2.05) is 0 Å². The van der Waals surface area contributed by atoms with Gasteiger partial charge in [-0.2, -0.15) is 5.10 Å². The van der Waals surface area contributed by atoms with E-state index in [2.05, 4.69) is 5.10 Å². The SMILES string of the molecule is Cc1c(C(O)C(O)C(=O)O)cnn1C. The van der Waals surface area contributed by atoms with Gasteiger partial charge in [0.1, 0.15) is 6.10 Å². The maximum absolute atomic E-state index is 10.4. The zero-order valence-corrected chi connectivity index (χ0v) is 7.88. The van der Waals surface area contributed by atoms with Gasteiger partial charge in [0.05, 0.1) is 6.20 Å². The van der Waals surface area contributed by atoms with Gasteiger partial charge in [-0.15, -0.1) is 0 Å². The van der Waals surface area contributed by atoms with Crippen molar-refractivity contribution in [3.05, 3.63) is 17.5 Å². The van der Waals surface area contributed by atoms with Crippen molar-refractivity contribution in [3.63, 3.8) is 0 Å². The minimum atomic E-state index is -1.82. The normalized spacial score (nSPS) is 15.1.